The molecule has 0 aromatic heterocycles. The van der Waals surface area contributed by atoms with Gasteiger partial charge in [-0.05, 0) is 31.2 Å². The minimum atomic E-state index is -0.711. The Labute approximate surface area is 136 Å². The fourth-order valence-corrected chi connectivity index (χ4v) is 2.28. The van der Waals surface area contributed by atoms with E-state index in [1.807, 2.05) is 6.07 Å². The van der Waals surface area contributed by atoms with Gasteiger partial charge in [0.05, 0.1) is 5.02 Å². The third kappa shape index (κ3) is 3.63. The summed E-state index contributed by atoms with van der Waals surface area (Å²) in [6.07, 6.45) is -0.711. The predicted molar refractivity (Wildman–Crippen MR) is 84.7 cm³/mol. The van der Waals surface area contributed by atoms with Crippen LogP contribution in [0.5, 0.6) is 5.75 Å². The van der Waals surface area contributed by atoms with Crippen LogP contribution in [0.15, 0.2) is 46.9 Å². The first-order valence-corrected chi connectivity index (χ1v) is 7.35. The molecule has 3 nitrogen and oxygen atoms in total. The van der Waals surface area contributed by atoms with E-state index in [2.05, 4.69) is 15.9 Å². The van der Waals surface area contributed by atoms with Gasteiger partial charge in [-0.2, -0.15) is 5.26 Å². The molecule has 0 radical (unpaired) electrons. The van der Waals surface area contributed by atoms with Gasteiger partial charge in [0.2, 0.25) is 5.78 Å². The molecule has 0 fully saturated rings. The normalized spacial score (nSPS) is 11.5. The molecule has 21 heavy (non-hydrogen) atoms. The van der Waals surface area contributed by atoms with E-state index < -0.39 is 6.10 Å². The van der Waals surface area contributed by atoms with Crippen molar-refractivity contribution in [3.8, 4) is 11.8 Å². The summed E-state index contributed by atoms with van der Waals surface area (Å²) >= 11 is 9.25. The van der Waals surface area contributed by atoms with Crippen molar-refractivity contribution >= 4 is 33.3 Å². The number of rotatable bonds is 4. The van der Waals surface area contributed by atoms with E-state index in [0.29, 0.717) is 16.3 Å². The van der Waals surface area contributed by atoms with Crippen molar-refractivity contribution in [2.75, 3.05) is 0 Å². The van der Waals surface area contributed by atoms with Crippen LogP contribution in [0, 0.1) is 11.3 Å². The number of ether oxygens (including phenoxy) is 1. The van der Waals surface area contributed by atoms with Crippen molar-refractivity contribution in [3.63, 3.8) is 0 Å². The van der Waals surface area contributed by atoms with E-state index in [1.54, 1.807) is 49.4 Å². The fraction of sp³-hybridized carbons (Fsp3) is 0.125. The van der Waals surface area contributed by atoms with Gasteiger partial charge in [0.1, 0.15) is 17.4 Å². The number of hydrogen-bond donors (Lipinski definition) is 0. The average molecular weight is 365 g/mol. The van der Waals surface area contributed by atoms with Crippen LogP contribution in [0.4, 0.5) is 0 Å². The first kappa shape index (κ1) is 15.6. The Kier molecular flexibility index (Phi) is 5.00. The molecule has 5 heteroatoms. The van der Waals surface area contributed by atoms with Crippen LogP contribution in [-0.2, 0) is 0 Å². The van der Waals surface area contributed by atoms with E-state index in [9.17, 15) is 4.79 Å². The first-order valence-electron chi connectivity index (χ1n) is 6.18. The topological polar surface area (TPSA) is 50.1 Å². The fourth-order valence-electron chi connectivity index (χ4n) is 1.80. The number of Topliss-reactive ketones (excluding diaryl/α,β-unsaturated/α-hetero) is 1. The minimum absolute atomic E-state index is 0.161. The van der Waals surface area contributed by atoms with E-state index in [0.717, 1.165) is 4.47 Å². The van der Waals surface area contributed by atoms with Gasteiger partial charge >= 0.3 is 0 Å². The van der Waals surface area contributed by atoms with Crippen molar-refractivity contribution in [1.29, 1.82) is 5.26 Å². The maximum atomic E-state index is 12.3. The summed E-state index contributed by atoms with van der Waals surface area (Å²) in [5.41, 5.74) is 0.779. The Hall–Kier alpha value is -1.83. The third-order valence-electron chi connectivity index (χ3n) is 2.89. The molecular formula is C16H11BrClNO2. The van der Waals surface area contributed by atoms with Crippen LogP contribution in [0.3, 0.4) is 0 Å². The van der Waals surface area contributed by atoms with Crippen LogP contribution in [0.2, 0.25) is 5.02 Å². The number of hydrogen-bond acceptors (Lipinski definition) is 3. The maximum absolute atomic E-state index is 12.3. The molecule has 2 aromatic carbocycles. The molecule has 1 atom stereocenters. The second kappa shape index (κ2) is 6.75. The Morgan fingerprint density at radius 2 is 1.95 bits per heavy atom. The summed E-state index contributed by atoms with van der Waals surface area (Å²) in [6, 6.07) is 13.9. The molecule has 0 heterocycles. The summed E-state index contributed by atoms with van der Waals surface area (Å²) < 4.78 is 6.49. The Morgan fingerprint density at radius 1 is 1.29 bits per heavy atom. The van der Waals surface area contributed by atoms with Crippen LogP contribution in [-0.4, -0.2) is 11.9 Å². The highest BCUT2D eigenvalue weighted by Gasteiger charge is 2.19. The zero-order chi connectivity index (χ0) is 15.4. The number of carbonyl (C=O) groups is 1. The second-order valence-electron chi connectivity index (χ2n) is 4.36. The van der Waals surface area contributed by atoms with Gasteiger partial charge in [0.15, 0.2) is 6.10 Å². The molecule has 0 bridgehead atoms. The van der Waals surface area contributed by atoms with Gasteiger partial charge in [-0.3, -0.25) is 4.79 Å². The van der Waals surface area contributed by atoms with Crippen LogP contribution >= 0.6 is 27.5 Å². The molecule has 0 amide bonds. The second-order valence-corrected chi connectivity index (χ2v) is 5.68. The Bertz CT molecular complexity index is 707. The summed E-state index contributed by atoms with van der Waals surface area (Å²) in [7, 11) is 0. The third-order valence-corrected chi connectivity index (χ3v) is 3.73. The highest BCUT2D eigenvalue weighted by atomic mass is 79.9. The molecule has 0 aliphatic carbocycles. The zero-order valence-electron chi connectivity index (χ0n) is 11.1. The van der Waals surface area contributed by atoms with Crippen LogP contribution in [0.25, 0.3) is 0 Å². The molecule has 0 N–H and O–H groups in total. The molecule has 0 saturated carbocycles. The molecule has 0 saturated heterocycles. The molecule has 1 unspecified atom stereocenters. The molecule has 0 spiro atoms. The minimum Gasteiger partial charge on any atom is -0.481 e. The summed E-state index contributed by atoms with van der Waals surface area (Å²) in [4.78, 5) is 12.3. The number of carbonyl (C=O) groups excluding carboxylic acids is 1. The predicted octanol–water partition coefficient (Wildman–Crippen LogP) is 4.62. The number of nitrogens with zero attached hydrogens (tertiary/aromatic N) is 1. The highest BCUT2D eigenvalue weighted by molar-refractivity contribution is 9.10. The summed E-state index contributed by atoms with van der Waals surface area (Å²) in [5.74, 6) is 0.148. The van der Waals surface area contributed by atoms with Gasteiger partial charge < -0.3 is 4.74 Å². The monoisotopic (exact) mass is 363 g/mol. The lowest BCUT2D eigenvalue weighted by atomic mass is 10.1. The van der Waals surface area contributed by atoms with E-state index in [4.69, 9.17) is 21.6 Å². The number of ketones is 1. The van der Waals surface area contributed by atoms with E-state index >= 15 is 0 Å². The molecule has 2 rings (SSSR count). The molecule has 2 aromatic rings. The quantitative estimate of drug-likeness (QED) is 0.744. The number of benzene rings is 2. The lowest BCUT2D eigenvalue weighted by molar-refractivity contribution is 0.0817. The summed E-state index contributed by atoms with van der Waals surface area (Å²) in [6.45, 7) is 1.65. The standard InChI is InChI=1S/C16H11BrClNO2/c1-10(16(20)11-5-7-12(17)8-6-11)21-15-4-2-3-14(18)13(15)9-19/h2-8,10H,1H3. The van der Waals surface area contributed by atoms with Gasteiger partial charge in [-0.15, -0.1) is 0 Å². The molecular weight excluding hydrogens is 354 g/mol. The highest BCUT2D eigenvalue weighted by Crippen LogP contribution is 2.26. The van der Waals surface area contributed by atoms with E-state index in [-0.39, 0.29) is 11.3 Å². The first-order chi connectivity index (χ1) is 10.0. The smallest absolute Gasteiger partial charge is 0.202 e. The molecule has 106 valence electrons. The van der Waals surface area contributed by atoms with Gasteiger partial charge in [0.25, 0.3) is 0 Å². The zero-order valence-corrected chi connectivity index (χ0v) is 13.5. The van der Waals surface area contributed by atoms with Gasteiger partial charge in [-0.1, -0.05) is 45.7 Å². The van der Waals surface area contributed by atoms with Crippen LogP contribution < -0.4 is 4.74 Å². The van der Waals surface area contributed by atoms with Crippen molar-refractivity contribution < 1.29 is 9.53 Å². The molecule has 0 aliphatic rings. The number of nitriles is 1. The van der Waals surface area contributed by atoms with Crippen molar-refractivity contribution in [1.82, 2.24) is 0 Å². The SMILES string of the molecule is CC(Oc1cccc(Cl)c1C#N)C(=O)c1ccc(Br)cc1. The lowest BCUT2D eigenvalue weighted by Gasteiger charge is -2.15. The van der Waals surface area contributed by atoms with Gasteiger partial charge in [-0.25, -0.2) is 0 Å². The Morgan fingerprint density at radius 3 is 2.57 bits per heavy atom. The van der Waals surface area contributed by atoms with Crippen molar-refractivity contribution in [2.24, 2.45) is 0 Å². The Balaban J connectivity index is 2.20. The van der Waals surface area contributed by atoms with Crippen molar-refractivity contribution in [3.05, 3.63) is 63.1 Å². The average Bonchev–Trinajstić information content (AvgIpc) is 2.47. The van der Waals surface area contributed by atoms with Crippen molar-refractivity contribution in [2.45, 2.75) is 13.0 Å². The lowest BCUT2D eigenvalue weighted by Crippen LogP contribution is -2.24. The van der Waals surface area contributed by atoms with Gasteiger partial charge in [0, 0.05) is 10.0 Å². The largest absolute Gasteiger partial charge is 0.481 e. The molecule has 0 aliphatic heterocycles. The van der Waals surface area contributed by atoms with Crippen LogP contribution in [0.1, 0.15) is 22.8 Å². The summed E-state index contributed by atoms with van der Waals surface area (Å²) in [5, 5.41) is 9.40. The maximum Gasteiger partial charge on any atom is 0.202 e. The number of halogens is 2. The van der Waals surface area contributed by atoms with E-state index in [1.165, 1.54) is 0 Å².